The van der Waals surface area contributed by atoms with Gasteiger partial charge in [-0.3, -0.25) is 0 Å². The molecule has 8 heteroatoms. The van der Waals surface area contributed by atoms with E-state index in [1.807, 2.05) is 0 Å². The van der Waals surface area contributed by atoms with Crippen LogP contribution in [-0.4, -0.2) is 43.8 Å². The summed E-state index contributed by atoms with van der Waals surface area (Å²) in [5, 5.41) is 8.71. The highest BCUT2D eigenvalue weighted by Crippen LogP contribution is 2.30. The van der Waals surface area contributed by atoms with Gasteiger partial charge in [0.25, 0.3) is 0 Å². The second kappa shape index (κ2) is 8.26. The summed E-state index contributed by atoms with van der Waals surface area (Å²) in [7, 11) is 3.00. The third-order valence-corrected chi connectivity index (χ3v) is 3.80. The molecule has 28 heavy (non-hydrogen) atoms. The van der Waals surface area contributed by atoms with Crippen molar-refractivity contribution in [1.29, 1.82) is 0 Å². The third kappa shape index (κ3) is 4.29. The van der Waals surface area contributed by atoms with E-state index in [0.29, 0.717) is 22.6 Å². The van der Waals surface area contributed by atoms with Crippen LogP contribution < -0.4 is 14.2 Å². The van der Waals surface area contributed by atoms with Crippen LogP contribution in [0.5, 0.6) is 17.2 Å². The van der Waals surface area contributed by atoms with Crippen molar-refractivity contribution in [3.63, 3.8) is 0 Å². The molecule has 0 radical (unpaired) electrons. The first-order valence-electron chi connectivity index (χ1n) is 8.20. The molecule has 0 bridgehead atoms. The van der Waals surface area contributed by atoms with E-state index in [4.69, 9.17) is 24.1 Å². The minimum absolute atomic E-state index is 0.132. The largest absolute Gasteiger partial charge is 0.497 e. The van der Waals surface area contributed by atoms with E-state index >= 15 is 0 Å². The molecule has 0 fully saturated rings. The molecule has 1 heterocycles. The quantitative estimate of drug-likeness (QED) is 0.579. The van der Waals surface area contributed by atoms with Crippen LogP contribution in [0.25, 0.3) is 6.08 Å². The zero-order chi connectivity index (χ0) is 20.1. The van der Waals surface area contributed by atoms with Crippen LogP contribution in [0.3, 0.4) is 0 Å². The smallest absolute Gasteiger partial charge is 0.363 e. The van der Waals surface area contributed by atoms with E-state index in [1.54, 1.807) is 55.7 Å². The molecule has 1 aliphatic heterocycles. The Kier molecular flexibility index (Phi) is 5.59. The second-order valence-electron chi connectivity index (χ2n) is 5.66. The van der Waals surface area contributed by atoms with E-state index in [-0.39, 0.29) is 17.3 Å². The van der Waals surface area contributed by atoms with Gasteiger partial charge in [-0.2, -0.15) is 0 Å². The van der Waals surface area contributed by atoms with Gasteiger partial charge in [0.05, 0.1) is 14.2 Å². The predicted molar refractivity (Wildman–Crippen MR) is 99.7 cm³/mol. The van der Waals surface area contributed by atoms with Crippen LogP contribution in [0.4, 0.5) is 0 Å². The third-order valence-electron chi connectivity index (χ3n) is 3.80. The van der Waals surface area contributed by atoms with E-state index < -0.39 is 18.5 Å². The van der Waals surface area contributed by atoms with Crippen molar-refractivity contribution < 1.29 is 33.6 Å². The van der Waals surface area contributed by atoms with Gasteiger partial charge in [0.1, 0.15) is 5.75 Å². The molecule has 0 atom stereocenters. The number of ether oxygens (including phenoxy) is 4. The molecule has 2 aromatic carbocycles. The number of cyclic esters (lactones) is 1. The molecule has 1 N–H and O–H groups in total. The maximum atomic E-state index is 12.1. The zero-order valence-electron chi connectivity index (χ0n) is 15.2. The topological polar surface area (TPSA) is 104 Å². The zero-order valence-corrected chi connectivity index (χ0v) is 15.2. The number of esters is 1. The SMILES string of the molecule is COc1ccc(C2=N/C(=C\c3ccc(OCC(=O)O)c(OC)c3)C(=O)O2)cc1. The Balaban J connectivity index is 1.84. The minimum atomic E-state index is -1.10. The first kappa shape index (κ1) is 19.0. The van der Waals surface area contributed by atoms with Crippen LogP contribution >= 0.6 is 0 Å². The monoisotopic (exact) mass is 383 g/mol. The van der Waals surface area contributed by atoms with Gasteiger partial charge in [-0.05, 0) is 48.0 Å². The molecule has 0 saturated heterocycles. The van der Waals surface area contributed by atoms with E-state index in [1.165, 1.54) is 7.11 Å². The number of carbonyl (C=O) groups is 2. The van der Waals surface area contributed by atoms with Crippen molar-refractivity contribution in [1.82, 2.24) is 0 Å². The Morgan fingerprint density at radius 2 is 1.86 bits per heavy atom. The first-order chi connectivity index (χ1) is 13.5. The molecule has 0 unspecified atom stereocenters. The Morgan fingerprint density at radius 3 is 2.50 bits per heavy atom. The van der Waals surface area contributed by atoms with Crippen LogP contribution in [-0.2, 0) is 14.3 Å². The number of nitrogens with zero attached hydrogens (tertiary/aromatic N) is 1. The molecule has 1 aliphatic rings. The van der Waals surface area contributed by atoms with Gasteiger partial charge in [0.15, 0.2) is 23.8 Å². The van der Waals surface area contributed by atoms with Gasteiger partial charge >= 0.3 is 11.9 Å². The Labute approximate surface area is 160 Å². The van der Waals surface area contributed by atoms with Crippen LogP contribution in [0.1, 0.15) is 11.1 Å². The lowest BCUT2D eigenvalue weighted by Gasteiger charge is -2.09. The summed E-state index contributed by atoms with van der Waals surface area (Å²) >= 11 is 0. The van der Waals surface area contributed by atoms with Crippen molar-refractivity contribution in [2.45, 2.75) is 0 Å². The molecular formula is C20H17NO7. The van der Waals surface area contributed by atoms with Crippen LogP contribution in [0.2, 0.25) is 0 Å². The van der Waals surface area contributed by atoms with E-state index in [9.17, 15) is 9.59 Å². The number of hydrogen-bond donors (Lipinski definition) is 1. The molecule has 0 aliphatic carbocycles. The lowest BCUT2D eigenvalue weighted by Crippen LogP contribution is -2.10. The van der Waals surface area contributed by atoms with Crippen molar-refractivity contribution >= 4 is 23.9 Å². The van der Waals surface area contributed by atoms with Gasteiger partial charge in [0, 0.05) is 5.56 Å². The fourth-order valence-electron chi connectivity index (χ4n) is 2.46. The maximum absolute atomic E-state index is 12.1. The average molecular weight is 383 g/mol. The maximum Gasteiger partial charge on any atom is 0.363 e. The highest BCUT2D eigenvalue weighted by Gasteiger charge is 2.24. The number of aliphatic carboxylic acids is 1. The van der Waals surface area contributed by atoms with Gasteiger partial charge in [-0.25, -0.2) is 14.6 Å². The summed E-state index contributed by atoms with van der Waals surface area (Å²) in [6.45, 7) is -0.487. The van der Waals surface area contributed by atoms with Gasteiger partial charge < -0.3 is 24.1 Å². The Morgan fingerprint density at radius 1 is 1.11 bits per heavy atom. The molecule has 8 nitrogen and oxygen atoms in total. The number of aliphatic imine (C=N–C) groups is 1. The van der Waals surface area contributed by atoms with Crippen LogP contribution in [0, 0.1) is 0 Å². The molecule has 0 spiro atoms. The molecule has 0 saturated carbocycles. The number of carboxylic acids is 1. The lowest BCUT2D eigenvalue weighted by atomic mass is 10.1. The standard InChI is InChI=1S/C20H17NO7/c1-25-14-6-4-13(5-7-14)19-21-15(20(24)28-19)9-12-3-8-16(17(10-12)26-2)27-11-18(22)23/h3-10H,11H2,1-2H3,(H,22,23)/b15-9-. The van der Waals surface area contributed by atoms with Crippen molar-refractivity contribution in [2.24, 2.45) is 4.99 Å². The highest BCUT2D eigenvalue weighted by atomic mass is 16.6. The lowest BCUT2D eigenvalue weighted by molar-refractivity contribution is -0.139. The number of hydrogen-bond acceptors (Lipinski definition) is 7. The molecule has 0 aromatic heterocycles. The fraction of sp³-hybridized carbons (Fsp3) is 0.150. The molecule has 2 aromatic rings. The highest BCUT2D eigenvalue weighted by molar-refractivity contribution is 6.12. The van der Waals surface area contributed by atoms with Crippen LogP contribution in [0.15, 0.2) is 53.2 Å². The molecular weight excluding hydrogens is 366 g/mol. The normalized spacial score (nSPS) is 14.4. The Hall–Kier alpha value is -3.81. The van der Waals surface area contributed by atoms with E-state index in [2.05, 4.69) is 4.99 Å². The molecule has 144 valence electrons. The minimum Gasteiger partial charge on any atom is -0.497 e. The number of methoxy groups -OCH3 is 2. The number of rotatable bonds is 7. The summed E-state index contributed by atoms with van der Waals surface area (Å²) in [6.07, 6.45) is 1.54. The van der Waals surface area contributed by atoms with Crippen molar-refractivity contribution in [3.8, 4) is 17.2 Å². The summed E-state index contributed by atoms with van der Waals surface area (Å²) in [4.78, 5) is 27.0. The van der Waals surface area contributed by atoms with Crippen molar-refractivity contribution in [3.05, 3.63) is 59.3 Å². The summed E-state index contributed by atoms with van der Waals surface area (Å²) < 4.78 is 20.7. The van der Waals surface area contributed by atoms with Gasteiger partial charge in [-0.1, -0.05) is 6.07 Å². The van der Waals surface area contributed by atoms with Gasteiger partial charge in [-0.15, -0.1) is 0 Å². The van der Waals surface area contributed by atoms with Gasteiger partial charge in [0.2, 0.25) is 5.90 Å². The number of carboxylic acid groups (broad SMARTS) is 1. The fourth-order valence-corrected chi connectivity index (χ4v) is 2.46. The van der Waals surface area contributed by atoms with E-state index in [0.717, 1.165) is 0 Å². The molecule has 0 amide bonds. The second-order valence-corrected chi connectivity index (χ2v) is 5.66. The van der Waals surface area contributed by atoms with Crippen molar-refractivity contribution in [2.75, 3.05) is 20.8 Å². The average Bonchev–Trinajstić information content (AvgIpc) is 3.07. The predicted octanol–water partition coefficient (Wildman–Crippen LogP) is 2.51. The summed E-state index contributed by atoms with van der Waals surface area (Å²) in [5.74, 6) is -0.169. The Bertz CT molecular complexity index is 961. The summed E-state index contributed by atoms with van der Waals surface area (Å²) in [5.41, 5.74) is 1.39. The first-order valence-corrected chi connectivity index (χ1v) is 8.20. The number of benzene rings is 2. The molecule has 3 rings (SSSR count). The number of carbonyl (C=O) groups excluding carboxylic acids is 1. The summed E-state index contributed by atoms with van der Waals surface area (Å²) in [6, 6.07) is 11.8.